The number of hydrogen-bond acceptors (Lipinski definition) is 4. The number of rotatable bonds is 7. The second-order valence-electron chi connectivity index (χ2n) is 4.37. The zero-order chi connectivity index (χ0) is 14.4. The lowest BCUT2D eigenvalue weighted by molar-refractivity contribution is 0.0693. The lowest BCUT2D eigenvalue weighted by atomic mass is 10.1. The first kappa shape index (κ1) is 14.4. The Morgan fingerprint density at radius 3 is 3.00 bits per heavy atom. The summed E-state index contributed by atoms with van der Waals surface area (Å²) in [7, 11) is 1.62. The van der Waals surface area contributed by atoms with Crippen molar-refractivity contribution < 1.29 is 14.3 Å². The largest absolute Gasteiger partial charge is 0.399 e. The van der Waals surface area contributed by atoms with E-state index in [1.165, 1.54) is 0 Å². The maximum Gasteiger partial charge on any atom is 0.253 e. The molecule has 0 bridgehead atoms. The molecule has 0 aliphatic carbocycles. The predicted molar refractivity (Wildman–Crippen MR) is 77.7 cm³/mol. The van der Waals surface area contributed by atoms with E-state index in [1.807, 2.05) is 6.07 Å². The number of nitrogens with one attached hydrogen (secondary N) is 2. The first-order valence-corrected chi connectivity index (χ1v) is 6.44. The lowest BCUT2D eigenvalue weighted by Crippen LogP contribution is -2.27. The van der Waals surface area contributed by atoms with Gasteiger partial charge in [-0.2, -0.15) is 0 Å². The molecule has 0 saturated heterocycles. The molecule has 0 aliphatic rings. The molecule has 1 heterocycles. The summed E-state index contributed by atoms with van der Waals surface area (Å²) >= 11 is 0. The number of carbonyl (C=O) groups is 1. The molecule has 1 aromatic heterocycles. The highest BCUT2D eigenvalue weighted by Gasteiger charge is 2.11. The number of aromatic nitrogens is 1. The van der Waals surface area contributed by atoms with Crippen molar-refractivity contribution in [2.75, 3.05) is 39.2 Å². The minimum Gasteiger partial charge on any atom is -0.399 e. The third kappa shape index (κ3) is 3.49. The van der Waals surface area contributed by atoms with Gasteiger partial charge in [-0.1, -0.05) is 0 Å². The van der Waals surface area contributed by atoms with Crippen molar-refractivity contribution >= 4 is 22.5 Å². The summed E-state index contributed by atoms with van der Waals surface area (Å²) < 4.78 is 10.1. The number of fused-ring (bicyclic) bond motifs is 1. The number of hydrogen-bond donors (Lipinski definition) is 3. The molecule has 1 aromatic carbocycles. The molecule has 2 aromatic rings. The molecule has 0 fully saturated rings. The van der Waals surface area contributed by atoms with Crippen molar-refractivity contribution in [2.45, 2.75) is 0 Å². The van der Waals surface area contributed by atoms with E-state index >= 15 is 0 Å². The number of ether oxygens (including phenoxy) is 2. The number of carbonyl (C=O) groups excluding carboxylic acids is 1. The number of aromatic amines is 1. The average molecular weight is 277 g/mol. The third-order valence-corrected chi connectivity index (χ3v) is 2.91. The molecule has 4 N–H and O–H groups in total. The molecular weight excluding hydrogens is 258 g/mol. The molecular formula is C14H19N3O3. The lowest BCUT2D eigenvalue weighted by Gasteiger charge is -2.05. The minimum absolute atomic E-state index is 0.128. The number of nitrogen functional groups attached to an aromatic ring is 1. The molecule has 0 radical (unpaired) electrons. The van der Waals surface area contributed by atoms with Gasteiger partial charge in [0.15, 0.2) is 0 Å². The first-order valence-electron chi connectivity index (χ1n) is 6.44. The van der Waals surface area contributed by atoms with Crippen molar-refractivity contribution in [3.8, 4) is 0 Å². The molecule has 1 amide bonds. The first-order chi connectivity index (χ1) is 9.72. The molecule has 0 saturated carbocycles. The Morgan fingerprint density at radius 2 is 2.20 bits per heavy atom. The monoisotopic (exact) mass is 277 g/mol. The molecule has 0 atom stereocenters. The van der Waals surface area contributed by atoms with E-state index in [0.717, 1.165) is 10.9 Å². The van der Waals surface area contributed by atoms with Crippen LogP contribution in [0.2, 0.25) is 0 Å². The van der Waals surface area contributed by atoms with Crippen molar-refractivity contribution in [3.63, 3.8) is 0 Å². The van der Waals surface area contributed by atoms with Gasteiger partial charge in [0.05, 0.1) is 25.4 Å². The highest BCUT2D eigenvalue weighted by molar-refractivity contribution is 6.07. The second-order valence-corrected chi connectivity index (χ2v) is 4.37. The predicted octanol–water partition coefficient (Wildman–Crippen LogP) is 1.14. The number of H-pyrrole nitrogens is 1. The van der Waals surface area contributed by atoms with Crippen LogP contribution in [-0.4, -0.2) is 44.4 Å². The van der Waals surface area contributed by atoms with Crippen LogP contribution in [-0.2, 0) is 9.47 Å². The number of anilines is 1. The zero-order valence-corrected chi connectivity index (χ0v) is 11.4. The van der Waals surface area contributed by atoms with Gasteiger partial charge < -0.3 is 25.5 Å². The standard InChI is InChI=1S/C14H19N3O3/c1-19-6-7-20-5-4-16-14(18)12-9-17-13-8-10(15)2-3-11(12)13/h2-3,8-9,17H,4-7,15H2,1H3,(H,16,18). The van der Waals surface area contributed by atoms with E-state index in [-0.39, 0.29) is 5.91 Å². The summed E-state index contributed by atoms with van der Waals surface area (Å²) in [4.78, 5) is 15.1. The van der Waals surface area contributed by atoms with Crippen LogP contribution in [0.1, 0.15) is 10.4 Å². The molecule has 2 rings (SSSR count). The fourth-order valence-electron chi connectivity index (χ4n) is 1.91. The summed E-state index contributed by atoms with van der Waals surface area (Å²) in [6, 6.07) is 5.42. The van der Waals surface area contributed by atoms with E-state index in [2.05, 4.69) is 10.3 Å². The fraction of sp³-hybridized carbons (Fsp3) is 0.357. The maximum atomic E-state index is 12.1. The molecule has 0 aliphatic heterocycles. The van der Waals surface area contributed by atoms with Crippen LogP contribution >= 0.6 is 0 Å². The average Bonchev–Trinajstić information content (AvgIpc) is 2.85. The SMILES string of the molecule is COCCOCCNC(=O)c1c[nH]c2cc(N)ccc12. The smallest absolute Gasteiger partial charge is 0.253 e. The van der Waals surface area contributed by atoms with E-state index in [0.29, 0.717) is 37.6 Å². The zero-order valence-electron chi connectivity index (χ0n) is 11.4. The van der Waals surface area contributed by atoms with Crippen LogP contribution in [0.15, 0.2) is 24.4 Å². The summed E-state index contributed by atoms with van der Waals surface area (Å²) in [6.45, 7) is 2.01. The van der Waals surface area contributed by atoms with Crippen molar-refractivity contribution in [1.82, 2.24) is 10.3 Å². The number of methoxy groups -OCH3 is 1. The van der Waals surface area contributed by atoms with Gasteiger partial charge in [0.2, 0.25) is 0 Å². The highest BCUT2D eigenvalue weighted by atomic mass is 16.5. The van der Waals surface area contributed by atoms with Crippen LogP contribution in [0.3, 0.4) is 0 Å². The van der Waals surface area contributed by atoms with Gasteiger partial charge in [-0.3, -0.25) is 4.79 Å². The van der Waals surface area contributed by atoms with Crippen molar-refractivity contribution in [2.24, 2.45) is 0 Å². The van der Waals surface area contributed by atoms with Gasteiger partial charge in [-0.05, 0) is 18.2 Å². The van der Waals surface area contributed by atoms with Crippen molar-refractivity contribution in [1.29, 1.82) is 0 Å². The molecule has 6 nitrogen and oxygen atoms in total. The second kappa shape index (κ2) is 6.93. The van der Waals surface area contributed by atoms with Crippen LogP contribution in [0.25, 0.3) is 10.9 Å². The Balaban J connectivity index is 1.88. The number of benzene rings is 1. The van der Waals surface area contributed by atoms with Crippen LogP contribution in [0, 0.1) is 0 Å². The summed E-state index contributed by atoms with van der Waals surface area (Å²) in [5, 5.41) is 3.67. The quantitative estimate of drug-likeness (QED) is 0.523. The Bertz CT molecular complexity index is 580. The van der Waals surface area contributed by atoms with Gasteiger partial charge in [0.25, 0.3) is 5.91 Å². The Labute approximate surface area is 117 Å². The number of nitrogens with two attached hydrogens (primary N) is 1. The fourth-order valence-corrected chi connectivity index (χ4v) is 1.91. The number of amides is 1. The van der Waals surface area contributed by atoms with Gasteiger partial charge in [-0.25, -0.2) is 0 Å². The van der Waals surface area contributed by atoms with Gasteiger partial charge in [-0.15, -0.1) is 0 Å². The van der Waals surface area contributed by atoms with E-state index < -0.39 is 0 Å². The summed E-state index contributed by atoms with van der Waals surface area (Å²) in [5.41, 5.74) is 7.83. The van der Waals surface area contributed by atoms with E-state index in [4.69, 9.17) is 15.2 Å². The van der Waals surface area contributed by atoms with E-state index in [9.17, 15) is 4.79 Å². The molecule has 6 heteroatoms. The van der Waals surface area contributed by atoms with E-state index in [1.54, 1.807) is 25.4 Å². The topological polar surface area (TPSA) is 89.4 Å². The third-order valence-electron chi connectivity index (χ3n) is 2.91. The highest BCUT2D eigenvalue weighted by Crippen LogP contribution is 2.20. The van der Waals surface area contributed by atoms with Gasteiger partial charge >= 0.3 is 0 Å². The Morgan fingerprint density at radius 1 is 1.35 bits per heavy atom. The molecule has 0 unspecified atom stereocenters. The molecule has 20 heavy (non-hydrogen) atoms. The minimum atomic E-state index is -0.128. The maximum absolute atomic E-state index is 12.1. The van der Waals surface area contributed by atoms with Gasteiger partial charge in [0, 0.05) is 36.4 Å². The molecule has 108 valence electrons. The Hall–Kier alpha value is -2.05. The van der Waals surface area contributed by atoms with Crippen LogP contribution < -0.4 is 11.1 Å². The normalized spacial score (nSPS) is 10.8. The Kier molecular flexibility index (Phi) is 4.97. The van der Waals surface area contributed by atoms with Crippen LogP contribution in [0.4, 0.5) is 5.69 Å². The van der Waals surface area contributed by atoms with Crippen molar-refractivity contribution in [3.05, 3.63) is 30.0 Å². The van der Waals surface area contributed by atoms with Crippen LogP contribution in [0.5, 0.6) is 0 Å². The molecule has 0 spiro atoms. The van der Waals surface area contributed by atoms with Gasteiger partial charge in [0.1, 0.15) is 0 Å². The summed E-state index contributed by atoms with van der Waals surface area (Å²) in [6.07, 6.45) is 1.69. The summed E-state index contributed by atoms with van der Waals surface area (Å²) in [5.74, 6) is -0.128.